The zero-order valence-corrected chi connectivity index (χ0v) is 13.3. The molecule has 0 radical (unpaired) electrons. The molecule has 1 unspecified atom stereocenters. The molecule has 2 aromatic heterocycles. The molecule has 3 aromatic rings. The van der Waals surface area contributed by atoms with E-state index in [9.17, 15) is 4.79 Å². The monoisotopic (exact) mass is 318 g/mol. The molecule has 1 saturated heterocycles. The Morgan fingerprint density at radius 1 is 1.17 bits per heavy atom. The third kappa shape index (κ3) is 2.73. The minimum atomic E-state index is 0.304. The van der Waals surface area contributed by atoms with Crippen LogP contribution in [0.1, 0.15) is 24.3 Å². The fourth-order valence-corrected chi connectivity index (χ4v) is 3.50. The first-order valence-electron chi connectivity index (χ1n) is 8.18. The van der Waals surface area contributed by atoms with Gasteiger partial charge in [0.1, 0.15) is 6.33 Å². The molecule has 0 bridgehead atoms. The lowest BCUT2D eigenvalue weighted by Crippen LogP contribution is -2.33. The van der Waals surface area contributed by atoms with Crippen LogP contribution in [0.4, 0.5) is 0 Å². The summed E-state index contributed by atoms with van der Waals surface area (Å²) in [6, 6.07) is 8.30. The number of hydrogen-bond donors (Lipinski definition) is 0. The lowest BCUT2D eigenvalue weighted by Gasteiger charge is -2.30. The van der Waals surface area contributed by atoms with Crippen LogP contribution in [0.2, 0.25) is 0 Å². The first-order chi connectivity index (χ1) is 11.8. The molecule has 0 spiro atoms. The minimum absolute atomic E-state index is 0.304. The van der Waals surface area contributed by atoms with Crippen molar-refractivity contribution in [2.75, 3.05) is 13.1 Å². The van der Waals surface area contributed by atoms with E-state index in [2.05, 4.69) is 33.2 Å². The Morgan fingerprint density at radius 2 is 2.12 bits per heavy atom. The van der Waals surface area contributed by atoms with Crippen LogP contribution in [0.5, 0.6) is 0 Å². The highest BCUT2D eigenvalue weighted by Crippen LogP contribution is 2.34. The standard InChI is InChI=1S/C19H18N4O/c24-13-23-6-2-4-15(11-23)18-8-16(14-3-1-5-20-9-14)7-17-10-21-12-22-19(17)18/h1,3,5,7-10,12-13,15H,2,4,6,11H2. The van der Waals surface area contributed by atoms with Gasteiger partial charge in [-0.25, -0.2) is 9.97 Å². The van der Waals surface area contributed by atoms with E-state index in [1.165, 1.54) is 5.56 Å². The summed E-state index contributed by atoms with van der Waals surface area (Å²) in [5.74, 6) is 0.304. The van der Waals surface area contributed by atoms with Crippen molar-refractivity contribution in [2.24, 2.45) is 0 Å². The van der Waals surface area contributed by atoms with Crippen molar-refractivity contribution in [1.29, 1.82) is 0 Å². The molecule has 1 atom stereocenters. The van der Waals surface area contributed by atoms with Crippen LogP contribution in [0.3, 0.4) is 0 Å². The SMILES string of the molecule is O=CN1CCCC(c2cc(-c3cccnc3)cc3cncnc23)C1. The summed E-state index contributed by atoms with van der Waals surface area (Å²) in [5.41, 5.74) is 4.37. The summed E-state index contributed by atoms with van der Waals surface area (Å²) < 4.78 is 0. The largest absolute Gasteiger partial charge is 0.345 e. The van der Waals surface area contributed by atoms with Crippen LogP contribution < -0.4 is 0 Å². The van der Waals surface area contributed by atoms with E-state index >= 15 is 0 Å². The predicted octanol–water partition coefficient (Wildman–Crippen LogP) is 3.03. The third-order valence-electron chi connectivity index (χ3n) is 4.67. The molecule has 1 aliphatic heterocycles. The molecule has 5 heteroatoms. The normalized spacial score (nSPS) is 17.8. The topological polar surface area (TPSA) is 59.0 Å². The van der Waals surface area contributed by atoms with Gasteiger partial charge < -0.3 is 4.90 Å². The molecular formula is C19H18N4O. The second-order valence-electron chi connectivity index (χ2n) is 6.21. The molecule has 1 aliphatic rings. The van der Waals surface area contributed by atoms with E-state index < -0.39 is 0 Å². The van der Waals surface area contributed by atoms with Gasteiger partial charge in [0, 0.05) is 48.5 Å². The van der Waals surface area contributed by atoms with E-state index in [4.69, 9.17) is 0 Å². The number of carbonyl (C=O) groups excluding carboxylic acids is 1. The fraction of sp³-hybridized carbons (Fsp3) is 0.263. The molecule has 1 fully saturated rings. The Bertz CT molecular complexity index is 866. The highest BCUT2D eigenvalue weighted by atomic mass is 16.1. The summed E-state index contributed by atoms with van der Waals surface area (Å²) in [6.45, 7) is 1.59. The van der Waals surface area contributed by atoms with Gasteiger partial charge in [-0.2, -0.15) is 0 Å². The number of nitrogens with zero attached hydrogens (tertiary/aromatic N) is 4. The average molecular weight is 318 g/mol. The molecule has 120 valence electrons. The van der Waals surface area contributed by atoms with Gasteiger partial charge in [-0.15, -0.1) is 0 Å². The van der Waals surface area contributed by atoms with Crippen molar-refractivity contribution in [2.45, 2.75) is 18.8 Å². The molecule has 5 nitrogen and oxygen atoms in total. The molecule has 1 aromatic carbocycles. The molecule has 0 N–H and O–H groups in total. The number of aromatic nitrogens is 3. The van der Waals surface area contributed by atoms with Crippen LogP contribution in [-0.2, 0) is 4.79 Å². The van der Waals surface area contributed by atoms with Crippen molar-refractivity contribution >= 4 is 17.3 Å². The number of hydrogen-bond acceptors (Lipinski definition) is 4. The first kappa shape index (κ1) is 14.8. The van der Waals surface area contributed by atoms with Gasteiger partial charge in [0.25, 0.3) is 0 Å². The third-order valence-corrected chi connectivity index (χ3v) is 4.67. The maximum Gasteiger partial charge on any atom is 0.209 e. The zero-order valence-electron chi connectivity index (χ0n) is 13.3. The van der Waals surface area contributed by atoms with E-state index in [0.29, 0.717) is 5.92 Å². The number of amides is 1. The number of pyridine rings is 1. The molecular weight excluding hydrogens is 300 g/mol. The molecule has 4 rings (SSSR count). The van der Waals surface area contributed by atoms with Crippen molar-refractivity contribution < 1.29 is 4.79 Å². The Morgan fingerprint density at radius 3 is 2.96 bits per heavy atom. The number of carbonyl (C=O) groups is 1. The molecule has 3 heterocycles. The Hall–Kier alpha value is -2.82. The number of likely N-dealkylation sites (tertiary alicyclic amines) is 1. The second-order valence-corrected chi connectivity index (χ2v) is 6.21. The number of piperidine rings is 1. The highest BCUT2D eigenvalue weighted by Gasteiger charge is 2.23. The van der Waals surface area contributed by atoms with Gasteiger partial charge in [-0.3, -0.25) is 9.78 Å². The van der Waals surface area contributed by atoms with Crippen LogP contribution in [-0.4, -0.2) is 39.4 Å². The van der Waals surface area contributed by atoms with Gasteiger partial charge in [-0.05, 0) is 42.2 Å². The van der Waals surface area contributed by atoms with E-state index in [-0.39, 0.29) is 0 Å². The van der Waals surface area contributed by atoms with Crippen molar-refractivity contribution in [3.05, 3.63) is 54.7 Å². The summed E-state index contributed by atoms with van der Waals surface area (Å²) >= 11 is 0. The Balaban J connectivity index is 1.85. The van der Waals surface area contributed by atoms with Crippen LogP contribution in [0.15, 0.2) is 49.2 Å². The van der Waals surface area contributed by atoms with Gasteiger partial charge in [-0.1, -0.05) is 6.07 Å². The number of rotatable bonds is 3. The lowest BCUT2D eigenvalue weighted by atomic mass is 9.87. The smallest absolute Gasteiger partial charge is 0.209 e. The van der Waals surface area contributed by atoms with Crippen LogP contribution in [0, 0.1) is 0 Å². The predicted molar refractivity (Wildman–Crippen MR) is 92.4 cm³/mol. The zero-order chi connectivity index (χ0) is 16.4. The van der Waals surface area contributed by atoms with Crippen molar-refractivity contribution in [3.63, 3.8) is 0 Å². The van der Waals surface area contributed by atoms with Gasteiger partial charge in [0.15, 0.2) is 0 Å². The van der Waals surface area contributed by atoms with Gasteiger partial charge in [0.2, 0.25) is 6.41 Å². The summed E-state index contributed by atoms with van der Waals surface area (Å²) in [5, 5.41) is 1.03. The van der Waals surface area contributed by atoms with E-state index in [1.807, 2.05) is 23.4 Å². The summed E-state index contributed by atoms with van der Waals surface area (Å²) in [4.78, 5) is 25.9. The van der Waals surface area contributed by atoms with Crippen molar-refractivity contribution in [3.8, 4) is 11.1 Å². The fourth-order valence-electron chi connectivity index (χ4n) is 3.50. The molecule has 0 saturated carbocycles. The van der Waals surface area contributed by atoms with E-state index in [1.54, 1.807) is 12.5 Å². The highest BCUT2D eigenvalue weighted by molar-refractivity contribution is 5.87. The van der Waals surface area contributed by atoms with Crippen LogP contribution >= 0.6 is 0 Å². The van der Waals surface area contributed by atoms with Crippen LogP contribution in [0.25, 0.3) is 22.0 Å². The maximum absolute atomic E-state index is 11.2. The maximum atomic E-state index is 11.2. The van der Waals surface area contributed by atoms with E-state index in [0.717, 1.165) is 54.4 Å². The Labute approximate surface area is 140 Å². The average Bonchev–Trinajstić information content (AvgIpc) is 2.68. The lowest BCUT2D eigenvalue weighted by molar-refractivity contribution is -0.119. The molecule has 0 aliphatic carbocycles. The molecule has 1 amide bonds. The summed E-state index contributed by atoms with van der Waals surface area (Å²) in [7, 11) is 0. The van der Waals surface area contributed by atoms with Gasteiger partial charge >= 0.3 is 0 Å². The summed E-state index contributed by atoms with van der Waals surface area (Å²) in [6.07, 6.45) is 10.1. The number of benzene rings is 1. The minimum Gasteiger partial charge on any atom is -0.345 e. The first-order valence-corrected chi connectivity index (χ1v) is 8.18. The van der Waals surface area contributed by atoms with Gasteiger partial charge in [0.05, 0.1) is 5.52 Å². The number of fused-ring (bicyclic) bond motifs is 1. The molecule has 24 heavy (non-hydrogen) atoms. The second kappa shape index (κ2) is 6.35. The quantitative estimate of drug-likeness (QED) is 0.697. The van der Waals surface area contributed by atoms with Crippen molar-refractivity contribution in [1.82, 2.24) is 19.9 Å². The Kier molecular flexibility index (Phi) is 3.91.